The quantitative estimate of drug-likeness (QED) is 0.436. The highest BCUT2D eigenvalue weighted by Gasteiger charge is 2.24. The maximum absolute atomic E-state index is 13.9. The fourth-order valence-electron chi connectivity index (χ4n) is 3.44. The molecule has 3 rings (SSSR count). The second kappa shape index (κ2) is 9.78. The molecule has 2 aromatic rings. The largest absolute Gasteiger partial charge is 0.459 e. The van der Waals surface area contributed by atoms with Crippen molar-refractivity contribution < 1.29 is 23.0 Å². The Labute approximate surface area is 164 Å². The van der Waals surface area contributed by atoms with Crippen molar-refractivity contribution in [2.75, 3.05) is 6.61 Å². The first-order valence-electron chi connectivity index (χ1n) is 9.95. The number of hydrogen-bond acceptors (Lipinski definition) is 3. The van der Waals surface area contributed by atoms with E-state index in [2.05, 4.69) is 6.92 Å². The van der Waals surface area contributed by atoms with E-state index in [4.69, 9.17) is 9.47 Å². The van der Waals surface area contributed by atoms with Crippen LogP contribution in [-0.4, -0.2) is 24.8 Å². The Morgan fingerprint density at radius 2 is 1.68 bits per heavy atom. The molecule has 150 valence electrons. The Morgan fingerprint density at radius 1 is 1.00 bits per heavy atom. The average Bonchev–Trinajstić information content (AvgIpc) is 2.70. The minimum atomic E-state index is -0.631. The molecule has 0 heterocycles. The average molecular weight is 388 g/mol. The van der Waals surface area contributed by atoms with E-state index in [-0.39, 0.29) is 18.2 Å². The van der Waals surface area contributed by atoms with Crippen LogP contribution < -0.4 is 0 Å². The van der Waals surface area contributed by atoms with Gasteiger partial charge < -0.3 is 9.47 Å². The predicted molar refractivity (Wildman–Crippen MR) is 104 cm³/mol. The number of ether oxygens (including phenoxy) is 2. The zero-order chi connectivity index (χ0) is 19.9. The van der Waals surface area contributed by atoms with Crippen LogP contribution in [0.5, 0.6) is 0 Å². The van der Waals surface area contributed by atoms with E-state index < -0.39 is 11.6 Å². The molecule has 0 radical (unpaired) electrons. The van der Waals surface area contributed by atoms with Crippen LogP contribution in [0.25, 0.3) is 11.1 Å². The zero-order valence-electron chi connectivity index (χ0n) is 16.1. The van der Waals surface area contributed by atoms with Gasteiger partial charge in [0.15, 0.2) is 0 Å². The summed E-state index contributed by atoms with van der Waals surface area (Å²) >= 11 is 0. The molecule has 0 unspecified atom stereocenters. The summed E-state index contributed by atoms with van der Waals surface area (Å²) in [7, 11) is 0. The molecule has 1 aliphatic rings. The second-order valence-corrected chi connectivity index (χ2v) is 7.23. The van der Waals surface area contributed by atoms with Crippen LogP contribution in [0, 0.1) is 11.6 Å². The van der Waals surface area contributed by atoms with Crippen molar-refractivity contribution in [3.8, 4) is 11.1 Å². The maximum atomic E-state index is 13.9. The lowest BCUT2D eigenvalue weighted by Gasteiger charge is -2.28. The van der Waals surface area contributed by atoms with Gasteiger partial charge in [0.25, 0.3) is 0 Å². The van der Waals surface area contributed by atoms with E-state index in [1.54, 1.807) is 24.3 Å². The zero-order valence-corrected chi connectivity index (χ0v) is 16.1. The number of halogens is 2. The van der Waals surface area contributed by atoms with Crippen LogP contribution in [-0.2, 0) is 9.47 Å². The summed E-state index contributed by atoms with van der Waals surface area (Å²) in [6.07, 6.45) is 5.81. The Balaban J connectivity index is 1.53. The number of rotatable bonds is 7. The van der Waals surface area contributed by atoms with Gasteiger partial charge in [0.1, 0.15) is 17.7 Å². The summed E-state index contributed by atoms with van der Waals surface area (Å²) in [5.41, 5.74) is 1.30. The van der Waals surface area contributed by atoms with Crippen LogP contribution in [0.4, 0.5) is 8.78 Å². The molecule has 0 bridgehead atoms. The number of esters is 1. The highest BCUT2D eigenvalue weighted by molar-refractivity contribution is 5.90. The van der Waals surface area contributed by atoms with Crippen LogP contribution in [0.3, 0.4) is 0 Å². The molecule has 3 nitrogen and oxygen atoms in total. The van der Waals surface area contributed by atoms with Crippen molar-refractivity contribution >= 4 is 5.97 Å². The molecule has 1 fully saturated rings. The molecule has 0 amide bonds. The molecule has 0 N–H and O–H groups in total. The third kappa shape index (κ3) is 5.38. The van der Waals surface area contributed by atoms with E-state index in [1.165, 1.54) is 12.1 Å². The lowest BCUT2D eigenvalue weighted by atomic mass is 9.95. The van der Waals surface area contributed by atoms with E-state index in [1.807, 2.05) is 0 Å². The Morgan fingerprint density at radius 3 is 2.32 bits per heavy atom. The van der Waals surface area contributed by atoms with Gasteiger partial charge in [-0.15, -0.1) is 0 Å². The monoisotopic (exact) mass is 388 g/mol. The highest BCUT2D eigenvalue weighted by atomic mass is 19.1. The summed E-state index contributed by atoms with van der Waals surface area (Å²) in [4.78, 5) is 12.4. The summed E-state index contributed by atoms with van der Waals surface area (Å²) < 4.78 is 38.4. The lowest BCUT2D eigenvalue weighted by Crippen LogP contribution is -2.28. The van der Waals surface area contributed by atoms with E-state index in [9.17, 15) is 13.6 Å². The first-order chi connectivity index (χ1) is 13.6. The Kier molecular flexibility index (Phi) is 7.15. The standard InChI is InChI=1S/C23H26F2O3/c1-2-3-14-27-19-9-11-20(12-10-19)28-23(26)17-6-4-16(5-7-17)21-13-8-18(24)15-22(21)25/h4-8,13,15,19-20H,2-3,9-12,14H2,1H3. The van der Waals surface area contributed by atoms with Crippen molar-refractivity contribution in [3.05, 3.63) is 59.7 Å². The van der Waals surface area contributed by atoms with Crippen molar-refractivity contribution in [1.82, 2.24) is 0 Å². The Hall–Kier alpha value is -2.27. The third-order valence-electron chi connectivity index (χ3n) is 5.11. The van der Waals surface area contributed by atoms with Crippen molar-refractivity contribution in [1.29, 1.82) is 0 Å². The van der Waals surface area contributed by atoms with Crippen LogP contribution in [0.15, 0.2) is 42.5 Å². The summed E-state index contributed by atoms with van der Waals surface area (Å²) in [6.45, 7) is 2.94. The molecule has 0 aliphatic heterocycles. The van der Waals surface area contributed by atoms with Gasteiger partial charge in [-0.2, -0.15) is 0 Å². The third-order valence-corrected chi connectivity index (χ3v) is 5.11. The molecule has 0 atom stereocenters. The Bertz CT molecular complexity index is 781. The van der Waals surface area contributed by atoms with Gasteiger partial charge in [0, 0.05) is 18.2 Å². The van der Waals surface area contributed by atoms with Gasteiger partial charge in [-0.05, 0) is 61.9 Å². The molecule has 0 spiro atoms. The smallest absolute Gasteiger partial charge is 0.338 e. The van der Waals surface area contributed by atoms with Crippen LogP contribution in [0.2, 0.25) is 0 Å². The summed E-state index contributed by atoms with van der Waals surface area (Å²) in [5.74, 6) is -1.62. The van der Waals surface area contributed by atoms with Gasteiger partial charge in [-0.3, -0.25) is 0 Å². The second-order valence-electron chi connectivity index (χ2n) is 7.23. The van der Waals surface area contributed by atoms with Gasteiger partial charge in [-0.1, -0.05) is 25.5 Å². The molecule has 5 heteroatoms. The van der Waals surface area contributed by atoms with Crippen LogP contribution in [0.1, 0.15) is 55.8 Å². The van der Waals surface area contributed by atoms with Crippen molar-refractivity contribution in [2.24, 2.45) is 0 Å². The number of unbranched alkanes of at least 4 members (excludes halogenated alkanes) is 1. The summed E-state index contributed by atoms with van der Waals surface area (Å²) in [5, 5.41) is 0. The van der Waals surface area contributed by atoms with Gasteiger partial charge in [0.05, 0.1) is 11.7 Å². The van der Waals surface area contributed by atoms with Crippen molar-refractivity contribution in [3.63, 3.8) is 0 Å². The molecule has 0 saturated heterocycles. The van der Waals surface area contributed by atoms with E-state index in [0.717, 1.165) is 51.2 Å². The minimum absolute atomic E-state index is 0.0901. The lowest BCUT2D eigenvalue weighted by molar-refractivity contribution is -0.0201. The fraction of sp³-hybridized carbons (Fsp3) is 0.435. The molecule has 1 aliphatic carbocycles. The SMILES string of the molecule is CCCCOC1CCC(OC(=O)c2ccc(-c3ccc(F)cc3F)cc2)CC1. The van der Waals surface area contributed by atoms with E-state index >= 15 is 0 Å². The van der Waals surface area contributed by atoms with Crippen LogP contribution >= 0.6 is 0 Å². The number of carbonyl (C=O) groups excluding carboxylic acids is 1. The van der Waals surface area contributed by atoms with Gasteiger partial charge >= 0.3 is 5.97 Å². The molecular formula is C23H26F2O3. The number of hydrogen-bond donors (Lipinski definition) is 0. The molecular weight excluding hydrogens is 362 g/mol. The topological polar surface area (TPSA) is 35.5 Å². The van der Waals surface area contributed by atoms with Gasteiger partial charge in [0.2, 0.25) is 0 Å². The first-order valence-corrected chi connectivity index (χ1v) is 9.95. The molecule has 1 saturated carbocycles. The first kappa shape index (κ1) is 20.5. The van der Waals surface area contributed by atoms with Gasteiger partial charge in [-0.25, -0.2) is 13.6 Å². The predicted octanol–water partition coefficient (Wildman–Crippen LogP) is 5.92. The van der Waals surface area contributed by atoms with Crippen molar-refractivity contribution in [2.45, 2.75) is 57.7 Å². The molecule has 28 heavy (non-hydrogen) atoms. The number of carbonyl (C=O) groups is 1. The molecule has 0 aromatic heterocycles. The van der Waals surface area contributed by atoms with E-state index in [0.29, 0.717) is 16.7 Å². The maximum Gasteiger partial charge on any atom is 0.338 e. The fourth-order valence-corrected chi connectivity index (χ4v) is 3.44. The minimum Gasteiger partial charge on any atom is -0.459 e. The normalized spacial score (nSPS) is 19.4. The molecule has 2 aromatic carbocycles. The highest BCUT2D eigenvalue weighted by Crippen LogP contribution is 2.26. The number of benzene rings is 2. The summed E-state index contributed by atoms with van der Waals surface area (Å²) in [6, 6.07) is 9.96.